The first-order chi connectivity index (χ1) is 6.63. The van der Waals surface area contributed by atoms with Gasteiger partial charge in [0.15, 0.2) is 0 Å². The molecule has 2 saturated heterocycles. The van der Waals surface area contributed by atoms with Gasteiger partial charge in [-0.15, -0.1) is 0 Å². The van der Waals surface area contributed by atoms with Crippen LogP contribution in [-0.2, 0) is 4.79 Å². The van der Waals surface area contributed by atoms with Crippen molar-refractivity contribution in [2.45, 2.75) is 19.8 Å². The van der Waals surface area contributed by atoms with Gasteiger partial charge < -0.3 is 10.2 Å². The van der Waals surface area contributed by atoms with Gasteiger partial charge in [0.05, 0.1) is 0 Å². The van der Waals surface area contributed by atoms with Crippen LogP contribution in [0.15, 0.2) is 12.2 Å². The highest BCUT2D eigenvalue weighted by Gasteiger charge is 2.40. The first kappa shape index (κ1) is 9.71. The molecule has 3 nitrogen and oxygen atoms in total. The molecule has 0 saturated carbocycles. The Hall–Kier alpha value is -0.830. The molecule has 0 aromatic rings. The molecule has 1 amide bonds. The molecule has 78 valence electrons. The van der Waals surface area contributed by atoms with Crippen molar-refractivity contribution in [1.29, 1.82) is 0 Å². The van der Waals surface area contributed by atoms with Gasteiger partial charge in [0.2, 0.25) is 5.91 Å². The van der Waals surface area contributed by atoms with Gasteiger partial charge in [0, 0.05) is 31.8 Å². The Kier molecular flexibility index (Phi) is 2.35. The lowest BCUT2D eigenvalue weighted by atomic mass is 9.73. The highest BCUT2D eigenvalue weighted by molar-refractivity contribution is 5.92. The van der Waals surface area contributed by atoms with E-state index in [4.69, 9.17) is 0 Å². The maximum absolute atomic E-state index is 11.6. The van der Waals surface area contributed by atoms with Crippen LogP contribution in [-0.4, -0.2) is 37.0 Å². The first-order valence-electron chi connectivity index (χ1n) is 5.29. The summed E-state index contributed by atoms with van der Waals surface area (Å²) in [4.78, 5) is 13.6. The van der Waals surface area contributed by atoms with Crippen LogP contribution in [0.2, 0.25) is 0 Å². The molecule has 1 spiro atoms. The molecule has 0 radical (unpaired) electrons. The summed E-state index contributed by atoms with van der Waals surface area (Å²) in [6.45, 7) is 9.59. The van der Waals surface area contributed by atoms with Crippen LogP contribution in [0.5, 0.6) is 0 Å². The zero-order chi connectivity index (χ0) is 10.2. The number of rotatable bonds is 1. The molecule has 0 aromatic carbocycles. The van der Waals surface area contributed by atoms with E-state index in [-0.39, 0.29) is 5.91 Å². The minimum Gasteiger partial charge on any atom is -0.339 e. The van der Waals surface area contributed by atoms with E-state index in [0.717, 1.165) is 39.0 Å². The smallest absolute Gasteiger partial charge is 0.248 e. The van der Waals surface area contributed by atoms with Gasteiger partial charge in [0.1, 0.15) is 0 Å². The fraction of sp³-hybridized carbons (Fsp3) is 0.727. The number of hydrogen-bond donors (Lipinski definition) is 1. The van der Waals surface area contributed by atoms with Crippen LogP contribution in [0.3, 0.4) is 0 Å². The predicted molar refractivity (Wildman–Crippen MR) is 55.9 cm³/mol. The van der Waals surface area contributed by atoms with Gasteiger partial charge >= 0.3 is 0 Å². The van der Waals surface area contributed by atoms with Crippen LogP contribution >= 0.6 is 0 Å². The lowest BCUT2D eigenvalue weighted by molar-refractivity contribution is -0.129. The maximum Gasteiger partial charge on any atom is 0.248 e. The molecule has 2 rings (SSSR count). The molecule has 2 aliphatic heterocycles. The Labute approximate surface area is 85.2 Å². The number of piperidine rings is 1. The SMILES string of the molecule is C=C(C)C(=O)N1CCC2(CC1)CNC2. The standard InChI is InChI=1S/C11H18N2O/c1-9(2)10(14)13-5-3-11(4-6-13)7-12-8-11/h12H,1,3-8H2,2H3. The Morgan fingerprint density at radius 2 is 1.93 bits per heavy atom. The average molecular weight is 194 g/mol. The second-order valence-electron chi connectivity index (χ2n) is 4.68. The van der Waals surface area contributed by atoms with E-state index >= 15 is 0 Å². The molecule has 0 unspecified atom stereocenters. The van der Waals surface area contributed by atoms with E-state index in [1.165, 1.54) is 0 Å². The molecule has 0 bridgehead atoms. The monoisotopic (exact) mass is 194 g/mol. The zero-order valence-electron chi connectivity index (χ0n) is 8.81. The van der Waals surface area contributed by atoms with Gasteiger partial charge in [-0.25, -0.2) is 0 Å². The molecule has 1 N–H and O–H groups in total. The molecule has 2 aliphatic rings. The van der Waals surface area contributed by atoms with E-state index in [2.05, 4.69) is 11.9 Å². The highest BCUT2D eigenvalue weighted by atomic mass is 16.2. The van der Waals surface area contributed by atoms with Crippen LogP contribution < -0.4 is 5.32 Å². The largest absolute Gasteiger partial charge is 0.339 e. The number of carbonyl (C=O) groups excluding carboxylic acids is 1. The summed E-state index contributed by atoms with van der Waals surface area (Å²) in [5, 5.41) is 3.32. The second-order valence-corrected chi connectivity index (χ2v) is 4.68. The normalized spacial score (nSPS) is 24.5. The van der Waals surface area contributed by atoms with Crippen molar-refractivity contribution < 1.29 is 4.79 Å². The third-order valence-electron chi connectivity index (χ3n) is 3.48. The quantitative estimate of drug-likeness (QED) is 0.625. The Morgan fingerprint density at radius 1 is 1.36 bits per heavy atom. The van der Waals surface area contributed by atoms with Gasteiger partial charge in [-0.3, -0.25) is 4.79 Å². The number of nitrogens with zero attached hydrogens (tertiary/aromatic N) is 1. The topological polar surface area (TPSA) is 32.3 Å². The molecule has 2 fully saturated rings. The molecule has 0 atom stereocenters. The molecule has 14 heavy (non-hydrogen) atoms. The highest BCUT2D eigenvalue weighted by Crippen LogP contribution is 2.35. The van der Waals surface area contributed by atoms with Crippen LogP contribution in [0.1, 0.15) is 19.8 Å². The fourth-order valence-electron chi connectivity index (χ4n) is 2.29. The van der Waals surface area contributed by atoms with Crippen molar-refractivity contribution in [2.24, 2.45) is 5.41 Å². The number of nitrogens with one attached hydrogen (secondary N) is 1. The average Bonchev–Trinajstić information content (AvgIpc) is 2.14. The van der Waals surface area contributed by atoms with Crippen molar-refractivity contribution in [2.75, 3.05) is 26.2 Å². The molecule has 3 heteroatoms. The first-order valence-corrected chi connectivity index (χ1v) is 5.29. The van der Waals surface area contributed by atoms with E-state index in [1.807, 2.05) is 4.90 Å². The Morgan fingerprint density at radius 3 is 2.29 bits per heavy atom. The van der Waals surface area contributed by atoms with Crippen molar-refractivity contribution in [3.63, 3.8) is 0 Å². The van der Waals surface area contributed by atoms with Crippen LogP contribution in [0.4, 0.5) is 0 Å². The molecular weight excluding hydrogens is 176 g/mol. The third kappa shape index (κ3) is 1.57. The summed E-state index contributed by atoms with van der Waals surface area (Å²) < 4.78 is 0. The van der Waals surface area contributed by atoms with Crippen molar-refractivity contribution in [3.05, 3.63) is 12.2 Å². The van der Waals surface area contributed by atoms with Gasteiger partial charge in [-0.2, -0.15) is 0 Å². The van der Waals surface area contributed by atoms with E-state index in [0.29, 0.717) is 11.0 Å². The van der Waals surface area contributed by atoms with Crippen LogP contribution in [0, 0.1) is 5.41 Å². The van der Waals surface area contributed by atoms with Gasteiger partial charge in [-0.1, -0.05) is 6.58 Å². The summed E-state index contributed by atoms with van der Waals surface area (Å²) in [5.74, 6) is 0.132. The summed E-state index contributed by atoms with van der Waals surface area (Å²) in [6.07, 6.45) is 2.30. The van der Waals surface area contributed by atoms with E-state index in [9.17, 15) is 4.79 Å². The summed E-state index contributed by atoms with van der Waals surface area (Å²) in [7, 11) is 0. The Balaban J connectivity index is 1.89. The van der Waals surface area contributed by atoms with Crippen molar-refractivity contribution >= 4 is 5.91 Å². The van der Waals surface area contributed by atoms with Crippen molar-refractivity contribution in [3.8, 4) is 0 Å². The lowest BCUT2D eigenvalue weighted by Crippen LogP contribution is -2.58. The third-order valence-corrected chi connectivity index (χ3v) is 3.48. The second kappa shape index (κ2) is 3.39. The Bertz CT molecular complexity index is 258. The minimum atomic E-state index is 0.132. The summed E-state index contributed by atoms with van der Waals surface area (Å²) in [5.41, 5.74) is 1.18. The number of hydrogen-bond acceptors (Lipinski definition) is 2. The predicted octanol–water partition coefficient (Wildman–Crippen LogP) is 0.774. The van der Waals surface area contributed by atoms with Crippen LogP contribution in [0.25, 0.3) is 0 Å². The molecule has 2 heterocycles. The minimum absolute atomic E-state index is 0.132. The lowest BCUT2D eigenvalue weighted by Gasteiger charge is -2.48. The molecule has 0 aromatic heterocycles. The molecular formula is C11H18N2O. The number of likely N-dealkylation sites (tertiary alicyclic amines) is 1. The van der Waals surface area contributed by atoms with E-state index in [1.54, 1.807) is 6.92 Å². The molecule has 0 aliphatic carbocycles. The summed E-state index contributed by atoms with van der Waals surface area (Å²) >= 11 is 0. The fourth-order valence-corrected chi connectivity index (χ4v) is 2.29. The van der Waals surface area contributed by atoms with E-state index < -0.39 is 0 Å². The summed E-state index contributed by atoms with van der Waals surface area (Å²) in [6, 6.07) is 0. The van der Waals surface area contributed by atoms with Gasteiger partial charge in [0.25, 0.3) is 0 Å². The number of amides is 1. The zero-order valence-corrected chi connectivity index (χ0v) is 8.81. The number of carbonyl (C=O) groups is 1. The maximum atomic E-state index is 11.6. The van der Waals surface area contributed by atoms with Crippen molar-refractivity contribution in [1.82, 2.24) is 10.2 Å². The van der Waals surface area contributed by atoms with Gasteiger partial charge in [-0.05, 0) is 25.2 Å².